The lowest BCUT2D eigenvalue weighted by atomic mass is 10.1. The minimum atomic E-state index is 0.123. The Kier molecular flexibility index (Phi) is 6.54. The van der Waals surface area contributed by atoms with Gasteiger partial charge in [0.25, 0.3) is 0 Å². The quantitative estimate of drug-likeness (QED) is 0.708. The molecule has 0 aliphatic rings. The van der Waals surface area contributed by atoms with Gasteiger partial charge in [-0.3, -0.25) is 4.79 Å². The highest BCUT2D eigenvalue weighted by molar-refractivity contribution is 5.75. The van der Waals surface area contributed by atoms with Crippen LogP contribution in [0.1, 0.15) is 40.0 Å². The number of amides is 1. The summed E-state index contributed by atoms with van der Waals surface area (Å²) in [5.74, 6) is 0.863. The van der Waals surface area contributed by atoms with Crippen molar-refractivity contribution in [2.24, 2.45) is 11.7 Å². The van der Waals surface area contributed by atoms with Gasteiger partial charge in [-0.1, -0.05) is 13.8 Å². The number of carbonyl (C=O) groups excluding carboxylic acids is 1. The van der Waals surface area contributed by atoms with Gasteiger partial charge >= 0.3 is 0 Å². The molecule has 3 nitrogen and oxygen atoms in total. The SMILES string of the molecule is CC(C)CCN(C)C(=O)CCC(C)N. The highest BCUT2D eigenvalue weighted by Gasteiger charge is 2.09. The molecule has 0 fully saturated rings. The molecule has 0 aromatic carbocycles. The van der Waals surface area contributed by atoms with Gasteiger partial charge in [-0.25, -0.2) is 0 Å². The van der Waals surface area contributed by atoms with Crippen LogP contribution in [0.2, 0.25) is 0 Å². The molecular formula is C11H24N2O. The van der Waals surface area contributed by atoms with Gasteiger partial charge in [0, 0.05) is 26.1 Å². The smallest absolute Gasteiger partial charge is 0.222 e. The van der Waals surface area contributed by atoms with Crippen molar-refractivity contribution >= 4 is 5.91 Å². The first kappa shape index (κ1) is 13.4. The van der Waals surface area contributed by atoms with E-state index in [1.807, 2.05) is 18.9 Å². The third-order valence-electron chi connectivity index (χ3n) is 2.28. The Morgan fingerprint density at radius 1 is 1.29 bits per heavy atom. The predicted molar refractivity (Wildman–Crippen MR) is 60.0 cm³/mol. The molecule has 0 saturated heterocycles. The highest BCUT2D eigenvalue weighted by Crippen LogP contribution is 2.03. The van der Waals surface area contributed by atoms with Crippen LogP contribution in [0.3, 0.4) is 0 Å². The highest BCUT2D eigenvalue weighted by atomic mass is 16.2. The summed E-state index contributed by atoms with van der Waals surface area (Å²) >= 11 is 0. The van der Waals surface area contributed by atoms with Gasteiger partial charge in [0.1, 0.15) is 0 Å². The van der Waals surface area contributed by atoms with Gasteiger partial charge in [0.2, 0.25) is 5.91 Å². The Hall–Kier alpha value is -0.570. The van der Waals surface area contributed by atoms with Crippen molar-refractivity contribution in [3.63, 3.8) is 0 Å². The molecule has 0 aromatic rings. The molecular weight excluding hydrogens is 176 g/mol. The molecule has 0 spiro atoms. The Bertz CT molecular complexity index is 167. The summed E-state index contributed by atoms with van der Waals surface area (Å²) in [6.45, 7) is 7.12. The van der Waals surface area contributed by atoms with E-state index in [9.17, 15) is 4.79 Å². The summed E-state index contributed by atoms with van der Waals surface area (Å²) in [7, 11) is 1.87. The van der Waals surface area contributed by atoms with Crippen LogP contribution in [-0.4, -0.2) is 30.4 Å². The first-order chi connectivity index (χ1) is 6.43. The van der Waals surface area contributed by atoms with E-state index in [4.69, 9.17) is 5.73 Å². The summed E-state index contributed by atoms with van der Waals surface area (Å²) in [6.07, 6.45) is 2.43. The van der Waals surface area contributed by atoms with Gasteiger partial charge in [0.15, 0.2) is 0 Å². The van der Waals surface area contributed by atoms with E-state index in [1.54, 1.807) is 0 Å². The fourth-order valence-corrected chi connectivity index (χ4v) is 1.12. The van der Waals surface area contributed by atoms with Crippen LogP contribution < -0.4 is 5.73 Å². The van der Waals surface area contributed by atoms with E-state index in [0.717, 1.165) is 19.4 Å². The average molecular weight is 200 g/mol. The van der Waals surface area contributed by atoms with Gasteiger partial charge in [-0.2, -0.15) is 0 Å². The van der Waals surface area contributed by atoms with Crippen molar-refractivity contribution in [3.05, 3.63) is 0 Å². The predicted octanol–water partition coefficient (Wildman–Crippen LogP) is 1.62. The van der Waals surface area contributed by atoms with Crippen molar-refractivity contribution in [1.82, 2.24) is 4.90 Å². The first-order valence-corrected chi connectivity index (χ1v) is 5.43. The van der Waals surface area contributed by atoms with E-state index in [2.05, 4.69) is 13.8 Å². The summed E-state index contributed by atoms with van der Waals surface area (Å²) in [5.41, 5.74) is 5.59. The zero-order valence-electron chi connectivity index (χ0n) is 9.92. The molecule has 1 unspecified atom stereocenters. The largest absolute Gasteiger partial charge is 0.346 e. The molecule has 3 heteroatoms. The Labute approximate surface area is 87.6 Å². The van der Waals surface area contributed by atoms with Crippen LogP contribution in [0.15, 0.2) is 0 Å². The summed E-state index contributed by atoms with van der Waals surface area (Å²) < 4.78 is 0. The number of nitrogens with two attached hydrogens (primary N) is 1. The van der Waals surface area contributed by atoms with Crippen LogP contribution in [-0.2, 0) is 4.79 Å². The van der Waals surface area contributed by atoms with Crippen LogP contribution in [0.5, 0.6) is 0 Å². The van der Waals surface area contributed by atoms with E-state index < -0.39 is 0 Å². The standard InChI is InChI=1S/C11H24N2O/c1-9(2)7-8-13(4)11(14)6-5-10(3)12/h9-10H,5-8,12H2,1-4H3. The van der Waals surface area contributed by atoms with Gasteiger partial charge in [-0.05, 0) is 25.7 Å². The van der Waals surface area contributed by atoms with Crippen LogP contribution in [0.4, 0.5) is 0 Å². The molecule has 1 atom stereocenters. The number of carbonyl (C=O) groups is 1. The maximum atomic E-state index is 11.5. The molecule has 84 valence electrons. The van der Waals surface area contributed by atoms with E-state index in [1.165, 1.54) is 0 Å². The number of rotatable bonds is 6. The second-order valence-corrected chi connectivity index (χ2v) is 4.51. The second-order valence-electron chi connectivity index (χ2n) is 4.51. The molecule has 0 heterocycles. The fraction of sp³-hybridized carbons (Fsp3) is 0.909. The molecule has 0 rings (SSSR count). The zero-order chi connectivity index (χ0) is 11.1. The average Bonchev–Trinajstić information content (AvgIpc) is 2.09. The lowest BCUT2D eigenvalue weighted by Crippen LogP contribution is -2.29. The van der Waals surface area contributed by atoms with Crippen molar-refractivity contribution in [1.29, 1.82) is 0 Å². The molecule has 0 bridgehead atoms. The summed E-state index contributed by atoms with van der Waals surface area (Å²) in [6, 6.07) is 0.123. The monoisotopic (exact) mass is 200 g/mol. The Morgan fingerprint density at radius 2 is 1.86 bits per heavy atom. The molecule has 2 N–H and O–H groups in total. The molecule has 0 saturated carbocycles. The van der Waals surface area contributed by atoms with Crippen molar-refractivity contribution in [3.8, 4) is 0 Å². The van der Waals surface area contributed by atoms with Crippen LogP contribution in [0, 0.1) is 5.92 Å². The topological polar surface area (TPSA) is 46.3 Å². The van der Waals surface area contributed by atoms with Gasteiger partial charge < -0.3 is 10.6 Å². The van der Waals surface area contributed by atoms with Crippen LogP contribution in [0.25, 0.3) is 0 Å². The zero-order valence-corrected chi connectivity index (χ0v) is 9.92. The normalized spacial score (nSPS) is 13.0. The molecule has 0 aliphatic carbocycles. The fourth-order valence-electron chi connectivity index (χ4n) is 1.12. The number of hydrogen-bond donors (Lipinski definition) is 1. The molecule has 0 radical (unpaired) electrons. The lowest BCUT2D eigenvalue weighted by Gasteiger charge is -2.18. The third kappa shape index (κ3) is 6.89. The summed E-state index contributed by atoms with van der Waals surface area (Å²) in [4.78, 5) is 13.3. The number of nitrogens with zero attached hydrogens (tertiary/aromatic N) is 1. The van der Waals surface area contributed by atoms with Gasteiger partial charge in [-0.15, -0.1) is 0 Å². The van der Waals surface area contributed by atoms with E-state index >= 15 is 0 Å². The van der Waals surface area contributed by atoms with Crippen molar-refractivity contribution in [2.75, 3.05) is 13.6 Å². The minimum absolute atomic E-state index is 0.123. The van der Waals surface area contributed by atoms with E-state index in [0.29, 0.717) is 12.3 Å². The molecule has 14 heavy (non-hydrogen) atoms. The van der Waals surface area contributed by atoms with E-state index in [-0.39, 0.29) is 11.9 Å². The third-order valence-corrected chi connectivity index (χ3v) is 2.28. The van der Waals surface area contributed by atoms with Crippen LogP contribution >= 0.6 is 0 Å². The number of hydrogen-bond acceptors (Lipinski definition) is 2. The lowest BCUT2D eigenvalue weighted by molar-refractivity contribution is -0.130. The first-order valence-electron chi connectivity index (χ1n) is 5.43. The molecule has 0 aliphatic heterocycles. The van der Waals surface area contributed by atoms with Gasteiger partial charge in [0.05, 0.1) is 0 Å². The summed E-state index contributed by atoms with van der Waals surface area (Å²) in [5, 5.41) is 0. The Morgan fingerprint density at radius 3 is 2.29 bits per heavy atom. The molecule has 0 aromatic heterocycles. The molecule has 1 amide bonds. The maximum absolute atomic E-state index is 11.5. The maximum Gasteiger partial charge on any atom is 0.222 e. The second kappa shape index (κ2) is 6.82. The Balaban J connectivity index is 3.65. The van der Waals surface area contributed by atoms with Crippen molar-refractivity contribution in [2.45, 2.75) is 46.1 Å². The van der Waals surface area contributed by atoms with Crippen molar-refractivity contribution < 1.29 is 4.79 Å². The minimum Gasteiger partial charge on any atom is -0.346 e.